The second-order valence-electron chi connectivity index (χ2n) is 6.45. The van der Waals surface area contributed by atoms with Crippen molar-refractivity contribution in [2.45, 2.75) is 18.9 Å². The fourth-order valence-corrected chi connectivity index (χ4v) is 3.94. The molecule has 26 heavy (non-hydrogen) atoms. The molecule has 150 valence electrons. The van der Waals surface area contributed by atoms with Gasteiger partial charge in [-0.3, -0.25) is 9.89 Å². The van der Waals surface area contributed by atoms with Gasteiger partial charge in [0, 0.05) is 45.2 Å². The minimum absolute atomic E-state index is 0. The van der Waals surface area contributed by atoms with E-state index in [4.69, 9.17) is 4.74 Å². The molecule has 2 N–H and O–H groups in total. The minimum atomic E-state index is 0. The molecule has 1 aromatic rings. The zero-order valence-corrected chi connectivity index (χ0v) is 19.4. The zero-order valence-electron chi connectivity index (χ0n) is 16.2. The molecule has 0 amide bonds. The Kier molecular flexibility index (Phi) is 12.4. The lowest BCUT2D eigenvalue weighted by atomic mass is 10.2. The maximum absolute atomic E-state index is 5.11. The Bertz CT molecular complexity index is 494. The molecule has 1 saturated heterocycles. The summed E-state index contributed by atoms with van der Waals surface area (Å²) in [6.45, 7) is 6.82. The topological polar surface area (TPSA) is 52.1 Å². The average Bonchev–Trinajstić information content (AvgIpc) is 3.33. The van der Waals surface area contributed by atoms with Crippen LogP contribution < -0.4 is 10.6 Å². The van der Waals surface area contributed by atoms with Crippen LogP contribution in [0.5, 0.6) is 0 Å². The Morgan fingerprint density at radius 2 is 2.12 bits per heavy atom. The summed E-state index contributed by atoms with van der Waals surface area (Å²) in [5.41, 5.74) is 0. The van der Waals surface area contributed by atoms with Crippen LogP contribution in [0.1, 0.15) is 23.8 Å². The van der Waals surface area contributed by atoms with Crippen LogP contribution in [0, 0.1) is 0 Å². The number of halogens is 1. The van der Waals surface area contributed by atoms with E-state index in [0.717, 1.165) is 38.7 Å². The second kappa shape index (κ2) is 13.7. The van der Waals surface area contributed by atoms with Gasteiger partial charge in [-0.15, -0.1) is 35.3 Å². The normalized spacial score (nSPS) is 16.5. The van der Waals surface area contributed by atoms with Gasteiger partial charge in [0.15, 0.2) is 5.96 Å². The number of likely N-dealkylation sites (N-methyl/N-ethyl adjacent to an activating group) is 1. The lowest BCUT2D eigenvalue weighted by Gasteiger charge is -2.27. The van der Waals surface area contributed by atoms with Crippen molar-refractivity contribution in [1.82, 2.24) is 20.4 Å². The summed E-state index contributed by atoms with van der Waals surface area (Å²) in [6.07, 6.45) is 2.62. The third-order valence-electron chi connectivity index (χ3n) is 4.60. The first-order valence-corrected chi connectivity index (χ1v) is 10.0. The van der Waals surface area contributed by atoms with Crippen LogP contribution in [0.25, 0.3) is 0 Å². The highest BCUT2D eigenvalue weighted by molar-refractivity contribution is 14.0. The van der Waals surface area contributed by atoms with Gasteiger partial charge in [0.2, 0.25) is 0 Å². The number of likely N-dealkylation sites (tertiary alicyclic amines) is 1. The van der Waals surface area contributed by atoms with Crippen LogP contribution >= 0.6 is 35.3 Å². The van der Waals surface area contributed by atoms with Crippen LogP contribution in [0.15, 0.2) is 22.5 Å². The standard InChI is InChI=1S/C18H33N5OS.HI/c1-19-18(20-8-11-22(2)12-13-24-3)21-15-16(17-7-6-14-25-17)23-9-4-5-10-23;/h6-7,14,16H,4-5,8-13,15H2,1-3H3,(H2,19,20,21);1H. The van der Waals surface area contributed by atoms with E-state index in [9.17, 15) is 0 Å². The highest BCUT2D eigenvalue weighted by Crippen LogP contribution is 2.27. The third-order valence-corrected chi connectivity index (χ3v) is 5.58. The first-order valence-electron chi connectivity index (χ1n) is 9.14. The van der Waals surface area contributed by atoms with Crippen molar-refractivity contribution in [3.63, 3.8) is 0 Å². The molecule has 6 nitrogen and oxygen atoms in total. The molecule has 0 spiro atoms. The molecule has 8 heteroatoms. The Morgan fingerprint density at radius 1 is 1.35 bits per heavy atom. The van der Waals surface area contributed by atoms with Crippen LogP contribution in [0.4, 0.5) is 0 Å². The molecule has 2 heterocycles. The number of methoxy groups -OCH3 is 1. The molecule has 0 bridgehead atoms. The summed E-state index contributed by atoms with van der Waals surface area (Å²) in [6, 6.07) is 4.83. The Hall–Kier alpha value is -0.420. The van der Waals surface area contributed by atoms with Gasteiger partial charge in [-0.05, 0) is 44.4 Å². The molecule has 1 aliphatic rings. The third kappa shape index (κ3) is 8.08. The van der Waals surface area contributed by atoms with Gasteiger partial charge in [-0.1, -0.05) is 6.07 Å². The summed E-state index contributed by atoms with van der Waals surface area (Å²) in [5.74, 6) is 0.876. The van der Waals surface area contributed by atoms with Crippen LogP contribution in [0.2, 0.25) is 0 Å². The van der Waals surface area contributed by atoms with Crippen molar-refractivity contribution >= 4 is 41.3 Å². The molecule has 0 aliphatic carbocycles. The number of nitrogens with zero attached hydrogens (tertiary/aromatic N) is 3. The van der Waals surface area contributed by atoms with Gasteiger partial charge >= 0.3 is 0 Å². The van der Waals surface area contributed by atoms with E-state index in [2.05, 4.69) is 50.0 Å². The van der Waals surface area contributed by atoms with Crippen molar-refractivity contribution in [3.8, 4) is 0 Å². The van der Waals surface area contributed by atoms with E-state index in [1.54, 1.807) is 7.11 Å². The van der Waals surface area contributed by atoms with Crippen molar-refractivity contribution in [1.29, 1.82) is 0 Å². The number of ether oxygens (including phenoxy) is 1. The maximum Gasteiger partial charge on any atom is 0.191 e. The van der Waals surface area contributed by atoms with Crippen molar-refractivity contribution < 1.29 is 4.74 Å². The van der Waals surface area contributed by atoms with E-state index in [1.807, 2.05) is 18.4 Å². The summed E-state index contributed by atoms with van der Waals surface area (Å²) in [4.78, 5) is 10.6. The molecule has 0 saturated carbocycles. The molecule has 1 aromatic heterocycles. The van der Waals surface area contributed by atoms with Gasteiger partial charge < -0.3 is 20.3 Å². The molecule has 2 rings (SSSR count). The quantitative estimate of drug-likeness (QED) is 0.296. The summed E-state index contributed by atoms with van der Waals surface area (Å²) in [7, 11) is 5.68. The second-order valence-corrected chi connectivity index (χ2v) is 7.43. The van der Waals surface area contributed by atoms with Gasteiger partial charge in [0.25, 0.3) is 0 Å². The summed E-state index contributed by atoms with van der Waals surface area (Å²) >= 11 is 1.85. The van der Waals surface area contributed by atoms with Crippen LogP contribution in [0.3, 0.4) is 0 Å². The van der Waals surface area contributed by atoms with Crippen molar-refractivity contribution in [3.05, 3.63) is 22.4 Å². The number of nitrogens with one attached hydrogen (secondary N) is 2. The number of aliphatic imine (C=N–C) groups is 1. The first kappa shape index (κ1) is 23.6. The van der Waals surface area contributed by atoms with E-state index in [1.165, 1.54) is 30.8 Å². The fourth-order valence-electron chi connectivity index (χ4n) is 3.08. The lowest BCUT2D eigenvalue weighted by molar-refractivity contribution is 0.162. The predicted octanol–water partition coefficient (Wildman–Crippen LogP) is 2.25. The number of hydrogen-bond acceptors (Lipinski definition) is 5. The van der Waals surface area contributed by atoms with E-state index in [-0.39, 0.29) is 24.0 Å². The molecule has 1 aliphatic heterocycles. The van der Waals surface area contributed by atoms with Crippen molar-refractivity contribution in [2.75, 3.05) is 67.1 Å². The zero-order chi connectivity index (χ0) is 17.9. The molecule has 1 unspecified atom stereocenters. The molecule has 1 atom stereocenters. The Balaban J connectivity index is 0.00000338. The predicted molar refractivity (Wildman–Crippen MR) is 122 cm³/mol. The number of guanidine groups is 1. The van der Waals surface area contributed by atoms with Crippen molar-refractivity contribution in [2.24, 2.45) is 4.99 Å². The van der Waals surface area contributed by atoms with Crippen LogP contribution in [-0.2, 0) is 4.74 Å². The highest BCUT2D eigenvalue weighted by Gasteiger charge is 2.24. The average molecular weight is 495 g/mol. The molecule has 0 radical (unpaired) electrons. The highest BCUT2D eigenvalue weighted by atomic mass is 127. The van der Waals surface area contributed by atoms with E-state index >= 15 is 0 Å². The number of hydrogen-bond donors (Lipinski definition) is 2. The van der Waals surface area contributed by atoms with E-state index in [0.29, 0.717) is 6.04 Å². The summed E-state index contributed by atoms with van der Waals surface area (Å²) < 4.78 is 5.11. The van der Waals surface area contributed by atoms with Gasteiger partial charge in [0.05, 0.1) is 12.6 Å². The number of thiophene rings is 1. The van der Waals surface area contributed by atoms with Gasteiger partial charge in [-0.2, -0.15) is 0 Å². The fraction of sp³-hybridized carbons (Fsp3) is 0.722. The first-order chi connectivity index (χ1) is 12.2. The van der Waals surface area contributed by atoms with Gasteiger partial charge in [-0.25, -0.2) is 0 Å². The van der Waals surface area contributed by atoms with E-state index < -0.39 is 0 Å². The maximum atomic E-state index is 5.11. The smallest absolute Gasteiger partial charge is 0.191 e. The Morgan fingerprint density at radius 3 is 2.73 bits per heavy atom. The summed E-state index contributed by atoms with van der Waals surface area (Å²) in [5, 5.41) is 9.09. The molecule has 1 fully saturated rings. The lowest BCUT2D eigenvalue weighted by Crippen LogP contribution is -2.44. The number of rotatable bonds is 10. The molecular weight excluding hydrogens is 461 g/mol. The monoisotopic (exact) mass is 495 g/mol. The largest absolute Gasteiger partial charge is 0.383 e. The Labute approximate surface area is 179 Å². The van der Waals surface area contributed by atoms with Crippen LogP contribution in [-0.4, -0.2) is 82.8 Å². The molecular formula is C18H34IN5OS. The molecule has 0 aromatic carbocycles. The SMILES string of the molecule is CN=C(NCCN(C)CCOC)NCC(c1cccs1)N1CCCC1.I. The minimum Gasteiger partial charge on any atom is -0.383 e. The van der Waals surface area contributed by atoms with Gasteiger partial charge in [0.1, 0.15) is 0 Å².